The maximum atomic E-state index is 11.6. The van der Waals surface area contributed by atoms with Crippen LogP contribution in [0.2, 0.25) is 0 Å². The van der Waals surface area contributed by atoms with Crippen molar-refractivity contribution >= 4 is 5.97 Å². The third-order valence-corrected chi connectivity index (χ3v) is 2.00. The first-order chi connectivity index (χ1) is 7.02. The first-order valence-corrected chi connectivity index (χ1v) is 4.96. The number of hydrogen-bond acceptors (Lipinski definition) is 3. The molecule has 0 saturated carbocycles. The van der Waals surface area contributed by atoms with Gasteiger partial charge in [0.1, 0.15) is 0 Å². The zero-order valence-electron chi connectivity index (χ0n) is 9.53. The van der Waals surface area contributed by atoms with Gasteiger partial charge in [0.2, 0.25) is 0 Å². The van der Waals surface area contributed by atoms with Crippen molar-refractivity contribution in [2.45, 2.75) is 33.8 Å². The summed E-state index contributed by atoms with van der Waals surface area (Å²) in [6.45, 7) is 7.36. The summed E-state index contributed by atoms with van der Waals surface area (Å²) in [6.07, 6.45) is -0.127. The van der Waals surface area contributed by atoms with Crippen molar-refractivity contribution in [1.29, 1.82) is 0 Å². The topological polar surface area (TPSA) is 35.5 Å². The smallest absolute Gasteiger partial charge is 0.293 e. The highest BCUT2D eigenvalue weighted by Crippen LogP contribution is 2.14. The Balaban J connectivity index is 2.82. The monoisotopic (exact) mass is 208 g/mol. The van der Waals surface area contributed by atoms with Gasteiger partial charge in [-0.25, -0.2) is 4.79 Å². The van der Waals surface area contributed by atoms with Gasteiger partial charge in [0.05, 0.1) is 11.7 Å². The van der Waals surface area contributed by atoms with Gasteiger partial charge in [0, 0.05) is 0 Å². The molecule has 82 valence electrons. The lowest BCUT2D eigenvalue weighted by molar-refractivity contribution is -0.265. The average molecular weight is 208 g/mol. The van der Waals surface area contributed by atoms with Crippen LogP contribution in [0.15, 0.2) is 18.2 Å². The Morgan fingerprint density at radius 1 is 1.20 bits per heavy atom. The van der Waals surface area contributed by atoms with Crippen molar-refractivity contribution in [3.05, 3.63) is 34.9 Å². The van der Waals surface area contributed by atoms with E-state index in [1.807, 2.05) is 32.0 Å². The fraction of sp³-hybridized carbons (Fsp3) is 0.417. The molecule has 0 radical (unpaired) electrons. The SMILES string of the molecule is Cc1cccc(C)c1C(=O)OOC(C)C. The van der Waals surface area contributed by atoms with Gasteiger partial charge >= 0.3 is 5.97 Å². The van der Waals surface area contributed by atoms with Crippen LogP contribution in [0.25, 0.3) is 0 Å². The van der Waals surface area contributed by atoms with E-state index in [1.54, 1.807) is 13.8 Å². The summed E-state index contributed by atoms with van der Waals surface area (Å²) < 4.78 is 0. The van der Waals surface area contributed by atoms with Crippen molar-refractivity contribution < 1.29 is 14.6 Å². The highest BCUT2D eigenvalue weighted by atomic mass is 17.2. The van der Waals surface area contributed by atoms with Crippen molar-refractivity contribution in [3.63, 3.8) is 0 Å². The van der Waals surface area contributed by atoms with E-state index in [-0.39, 0.29) is 6.10 Å². The predicted octanol–water partition coefficient (Wildman–Crippen LogP) is 2.80. The average Bonchev–Trinajstić information content (AvgIpc) is 2.14. The molecule has 0 aromatic heterocycles. The second kappa shape index (κ2) is 4.94. The Hall–Kier alpha value is -1.35. The minimum absolute atomic E-state index is 0.127. The molecule has 1 aromatic carbocycles. The van der Waals surface area contributed by atoms with Gasteiger partial charge in [-0.3, -0.25) is 4.89 Å². The summed E-state index contributed by atoms with van der Waals surface area (Å²) in [5.41, 5.74) is 2.37. The zero-order valence-corrected chi connectivity index (χ0v) is 9.53. The molecule has 0 atom stereocenters. The summed E-state index contributed by atoms with van der Waals surface area (Å²) in [6, 6.07) is 5.66. The molecule has 0 amide bonds. The molecule has 0 spiro atoms. The second-order valence-electron chi connectivity index (χ2n) is 3.78. The third-order valence-electron chi connectivity index (χ3n) is 2.00. The highest BCUT2D eigenvalue weighted by molar-refractivity contribution is 5.92. The van der Waals surface area contributed by atoms with Gasteiger partial charge < -0.3 is 0 Å². The Morgan fingerprint density at radius 2 is 1.73 bits per heavy atom. The molecule has 0 saturated heterocycles. The first kappa shape index (κ1) is 11.7. The minimum atomic E-state index is -0.431. The molecule has 0 bridgehead atoms. The van der Waals surface area contributed by atoms with E-state index in [0.717, 1.165) is 11.1 Å². The number of hydrogen-bond donors (Lipinski definition) is 0. The molecule has 1 rings (SSSR count). The lowest BCUT2D eigenvalue weighted by atomic mass is 10.0. The van der Waals surface area contributed by atoms with E-state index in [1.165, 1.54) is 0 Å². The molecule has 0 aliphatic rings. The van der Waals surface area contributed by atoms with Crippen molar-refractivity contribution in [2.24, 2.45) is 0 Å². The number of benzene rings is 1. The summed E-state index contributed by atoms with van der Waals surface area (Å²) in [7, 11) is 0. The van der Waals surface area contributed by atoms with E-state index < -0.39 is 5.97 Å². The Bertz CT molecular complexity index is 336. The summed E-state index contributed by atoms with van der Waals surface area (Å²) in [4.78, 5) is 21.2. The maximum Gasteiger partial charge on any atom is 0.373 e. The van der Waals surface area contributed by atoms with Gasteiger partial charge in [-0.15, -0.1) is 0 Å². The van der Waals surface area contributed by atoms with E-state index in [0.29, 0.717) is 5.56 Å². The molecule has 0 fully saturated rings. The minimum Gasteiger partial charge on any atom is -0.293 e. The van der Waals surface area contributed by atoms with Crippen LogP contribution in [0.1, 0.15) is 35.3 Å². The summed E-state index contributed by atoms with van der Waals surface area (Å²) >= 11 is 0. The quantitative estimate of drug-likeness (QED) is 0.566. The molecule has 0 heterocycles. The van der Waals surface area contributed by atoms with Crippen LogP contribution in [-0.4, -0.2) is 12.1 Å². The normalized spacial score (nSPS) is 10.5. The molecule has 0 N–H and O–H groups in total. The molecule has 1 aromatic rings. The van der Waals surface area contributed by atoms with Crippen LogP contribution in [0.3, 0.4) is 0 Å². The van der Waals surface area contributed by atoms with Gasteiger partial charge in [0.25, 0.3) is 0 Å². The van der Waals surface area contributed by atoms with E-state index in [9.17, 15) is 4.79 Å². The predicted molar refractivity (Wildman–Crippen MR) is 57.6 cm³/mol. The zero-order chi connectivity index (χ0) is 11.4. The first-order valence-electron chi connectivity index (χ1n) is 4.96. The van der Waals surface area contributed by atoms with Gasteiger partial charge in [-0.2, -0.15) is 4.89 Å². The van der Waals surface area contributed by atoms with Crippen LogP contribution in [0.5, 0.6) is 0 Å². The fourth-order valence-electron chi connectivity index (χ4n) is 1.32. The van der Waals surface area contributed by atoms with Crippen LogP contribution in [0.4, 0.5) is 0 Å². The molecule has 15 heavy (non-hydrogen) atoms. The Morgan fingerprint density at radius 3 is 2.20 bits per heavy atom. The second-order valence-corrected chi connectivity index (χ2v) is 3.78. The van der Waals surface area contributed by atoms with E-state index >= 15 is 0 Å². The molecular formula is C12H16O3. The van der Waals surface area contributed by atoms with E-state index in [4.69, 9.17) is 9.78 Å². The highest BCUT2D eigenvalue weighted by Gasteiger charge is 2.14. The van der Waals surface area contributed by atoms with Gasteiger partial charge in [-0.05, 0) is 38.8 Å². The molecule has 3 heteroatoms. The lowest BCUT2D eigenvalue weighted by Gasteiger charge is -2.09. The Labute approximate surface area is 89.9 Å². The summed E-state index contributed by atoms with van der Waals surface area (Å²) in [5.74, 6) is -0.431. The molecular weight excluding hydrogens is 192 g/mol. The van der Waals surface area contributed by atoms with Crippen molar-refractivity contribution in [3.8, 4) is 0 Å². The van der Waals surface area contributed by atoms with E-state index in [2.05, 4.69) is 0 Å². The van der Waals surface area contributed by atoms with Crippen LogP contribution in [0, 0.1) is 13.8 Å². The maximum absolute atomic E-state index is 11.6. The van der Waals surface area contributed by atoms with Crippen molar-refractivity contribution in [1.82, 2.24) is 0 Å². The lowest BCUT2D eigenvalue weighted by Crippen LogP contribution is -2.13. The van der Waals surface area contributed by atoms with Gasteiger partial charge in [-0.1, -0.05) is 18.2 Å². The van der Waals surface area contributed by atoms with Crippen molar-refractivity contribution in [2.75, 3.05) is 0 Å². The van der Waals surface area contributed by atoms with Crippen LogP contribution >= 0.6 is 0 Å². The molecule has 0 aliphatic carbocycles. The molecule has 3 nitrogen and oxygen atoms in total. The van der Waals surface area contributed by atoms with Gasteiger partial charge in [0.15, 0.2) is 0 Å². The number of rotatable bonds is 3. The number of aryl methyl sites for hydroxylation is 2. The number of carbonyl (C=O) groups excluding carboxylic acids is 1. The summed E-state index contributed by atoms with van der Waals surface area (Å²) in [5, 5.41) is 0. The molecule has 0 unspecified atom stereocenters. The standard InChI is InChI=1S/C12H16O3/c1-8(2)14-15-12(13)11-9(3)6-5-7-10(11)4/h5-8H,1-4H3. The fourth-order valence-corrected chi connectivity index (χ4v) is 1.32. The third kappa shape index (κ3) is 3.06. The van der Waals surface area contributed by atoms with Crippen LogP contribution in [-0.2, 0) is 9.78 Å². The largest absolute Gasteiger partial charge is 0.373 e. The Kier molecular flexibility index (Phi) is 3.86. The molecule has 0 aliphatic heterocycles. The number of carbonyl (C=O) groups is 1. The van der Waals surface area contributed by atoms with Crippen LogP contribution < -0.4 is 0 Å².